The van der Waals surface area contributed by atoms with Crippen molar-refractivity contribution in [3.8, 4) is 0 Å². The highest BCUT2D eigenvalue weighted by molar-refractivity contribution is 6.34. The van der Waals surface area contributed by atoms with Crippen LogP contribution in [-0.2, 0) is 75.0 Å². The van der Waals surface area contributed by atoms with Crippen LogP contribution in [0.1, 0.15) is 133 Å². The molecule has 2 aromatic carbocycles. The number of benzene rings is 2. The van der Waals surface area contributed by atoms with Gasteiger partial charge in [-0.15, -0.1) is 5.06 Å². The number of halogens is 1. The summed E-state index contributed by atoms with van der Waals surface area (Å²) in [5.41, 5.74) is 5.54. The molecule has 0 radical (unpaired) electrons. The Morgan fingerprint density at radius 2 is 1.68 bits per heavy atom. The normalized spacial score (nSPS) is 24.5. The second-order valence-corrected chi connectivity index (χ2v) is 24.7. The van der Waals surface area contributed by atoms with E-state index in [1.807, 2.05) is 26.0 Å². The van der Waals surface area contributed by atoms with E-state index in [4.69, 9.17) is 41.1 Å². The highest BCUT2D eigenvalue weighted by Gasteiger charge is 2.64. The number of carbonyl (C=O) groups excluding carboxylic acids is 11. The summed E-state index contributed by atoms with van der Waals surface area (Å²) in [7, 11) is 4.36. The minimum Gasteiger partial charge on any atom is -0.457 e. The van der Waals surface area contributed by atoms with Gasteiger partial charge in [0.15, 0.2) is 11.5 Å². The number of anilines is 1. The molecule has 4 bridgehead atoms. The number of unbranched alkanes of at least 4 members (excludes halogenated alkanes) is 1. The molecule has 3 aromatic rings. The number of alkyl carbamates (subject to hydrolysis) is 1. The van der Waals surface area contributed by atoms with Crippen LogP contribution in [0.25, 0.3) is 10.9 Å². The van der Waals surface area contributed by atoms with Crippen LogP contribution in [0.5, 0.6) is 0 Å². The lowest BCUT2D eigenvalue weighted by atomic mass is 9.83. The summed E-state index contributed by atoms with van der Waals surface area (Å²) in [6.45, 7) is 12.1. The van der Waals surface area contributed by atoms with E-state index in [2.05, 4.69) is 26.3 Å². The van der Waals surface area contributed by atoms with Gasteiger partial charge in [0.1, 0.15) is 36.0 Å². The van der Waals surface area contributed by atoms with Gasteiger partial charge in [0.25, 0.3) is 17.7 Å². The number of hydroxylamine groups is 2. The van der Waals surface area contributed by atoms with Crippen LogP contribution in [0.15, 0.2) is 66.4 Å². The Labute approximate surface area is 532 Å². The Kier molecular flexibility index (Phi) is 23.3. The zero-order valence-electron chi connectivity index (χ0n) is 52.9. The van der Waals surface area contributed by atoms with Crippen molar-refractivity contribution in [3.05, 3.63) is 93.7 Å². The third-order valence-corrected chi connectivity index (χ3v) is 17.6. The summed E-state index contributed by atoms with van der Waals surface area (Å²) in [6.07, 6.45) is 1.60. The zero-order valence-corrected chi connectivity index (χ0v) is 53.6. The fourth-order valence-corrected chi connectivity index (χ4v) is 11.7. The fraction of sp³-hybridized carbons (Fsp3) is 0.531. The number of aromatic nitrogens is 1. The lowest BCUT2D eigenvalue weighted by molar-refractivity contribution is -0.197. The molecule has 26 nitrogen and oxygen atoms in total. The van der Waals surface area contributed by atoms with E-state index < -0.39 is 137 Å². The number of fused-ring (bicyclic) bond motifs is 6. The van der Waals surface area contributed by atoms with E-state index in [0.717, 1.165) is 16.0 Å². The van der Waals surface area contributed by atoms with E-state index in [-0.39, 0.29) is 81.8 Å². The molecule has 3 saturated heterocycles. The van der Waals surface area contributed by atoms with Gasteiger partial charge in [-0.25, -0.2) is 19.2 Å². The van der Waals surface area contributed by atoms with Crippen LogP contribution in [0, 0.1) is 18.8 Å². The number of carbonyl (C=O) groups is 11. The highest BCUT2D eigenvalue weighted by Crippen LogP contribution is 2.49. The Hall–Kier alpha value is -8.33. The van der Waals surface area contributed by atoms with Crippen molar-refractivity contribution in [2.75, 3.05) is 32.6 Å². The number of hydrogen-bond acceptors (Lipinski definition) is 18. The zero-order chi connectivity index (χ0) is 66.8. The number of nitrogens with two attached hydrogens (primary N) is 1. The first-order chi connectivity index (χ1) is 43.0. The van der Waals surface area contributed by atoms with E-state index in [1.165, 1.54) is 38.2 Å². The molecule has 0 spiro atoms. The van der Waals surface area contributed by atoms with Crippen molar-refractivity contribution in [3.63, 3.8) is 0 Å². The molecule has 27 heteroatoms. The summed E-state index contributed by atoms with van der Waals surface area (Å²) in [6, 6.07) is 5.68. The first-order valence-electron chi connectivity index (χ1n) is 30.3. The number of allylic oxidation sites excluding steroid dienone is 3. The molecule has 5 heterocycles. The molecule has 0 unspecified atom stereocenters. The molecule has 0 aliphatic carbocycles. The smallest absolute Gasteiger partial charge is 0.409 e. The number of Topliss-reactive ketones (excluding diaryl/α,β-unsaturated/α-hetero) is 1. The Bertz CT molecular complexity index is 3380. The number of amides is 9. The van der Waals surface area contributed by atoms with Crippen LogP contribution in [0.3, 0.4) is 0 Å². The number of pyridine rings is 1. The number of esters is 1. The van der Waals surface area contributed by atoms with Gasteiger partial charge in [0, 0.05) is 83.8 Å². The van der Waals surface area contributed by atoms with Crippen LogP contribution >= 0.6 is 11.6 Å². The maximum absolute atomic E-state index is 14.7. The second-order valence-electron chi connectivity index (χ2n) is 24.3. The lowest BCUT2D eigenvalue weighted by Gasteiger charge is -2.42. The Balaban J connectivity index is 1.07. The number of urea groups is 1. The van der Waals surface area contributed by atoms with Crippen molar-refractivity contribution >= 4 is 93.5 Å². The molecular formula is C64H82ClN9O17. The molecule has 91 heavy (non-hydrogen) atoms. The van der Waals surface area contributed by atoms with E-state index >= 15 is 0 Å². The van der Waals surface area contributed by atoms with Gasteiger partial charge in [-0.3, -0.25) is 43.9 Å². The number of imide groups is 1. The number of nitrogens with one attached hydrogen (secondary N) is 4. The number of nitrogens with zero attached hydrogens (tertiary/aromatic N) is 4. The van der Waals surface area contributed by atoms with Gasteiger partial charge in [0.2, 0.25) is 17.7 Å². The van der Waals surface area contributed by atoms with Gasteiger partial charge >= 0.3 is 24.1 Å². The van der Waals surface area contributed by atoms with E-state index in [0.29, 0.717) is 38.7 Å². The molecule has 4 aliphatic heterocycles. The quantitative estimate of drug-likeness (QED) is 0.0332. The number of epoxide rings is 1. The summed E-state index contributed by atoms with van der Waals surface area (Å²) in [5.74, 6) is -6.84. The first-order valence-corrected chi connectivity index (χ1v) is 30.7. The third kappa shape index (κ3) is 17.2. The van der Waals surface area contributed by atoms with Crippen LogP contribution in [0.4, 0.5) is 15.3 Å². The number of aryl methyl sites for hydroxylation is 1. The molecule has 492 valence electrons. The fourth-order valence-electron chi connectivity index (χ4n) is 11.5. The van der Waals surface area contributed by atoms with Crippen molar-refractivity contribution in [1.29, 1.82) is 0 Å². The average Bonchev–Trinajstić information content (AvgIpc) is 1.59. The van der Waals surface area contributed by atoms with Crippen molar-refractivity contribution in [1.82, 2.24) is 36.2 Å². The van der Waals surface area contributed by atoms with Gasteiger partial charge in [-0.05, 0) is 101 Å². The SMILES string of the molecule is CO[C@@H]1/C=C/C=C(\C)Cc2cc(C)c(Cl)c(c2)N(C)C(=O)C[C@H](OC(=O)[C@H](C)N(C)C(=O)c2ccc(CC(=O)[C@H](CCCNC(N)=O)NC(=O)[C@@H](NC(=O)CCCCC(=O)ON3C(=O)CCC3=O)C(C)C)c3cccnc23)[C@]2(C)O[C@H]2[C@H](C)[C@@H]2C[C@@]1(O)NC(=O)O2. The summed E-state index contributed by atoms with van der Waals surface area (Å²) in [4.78, 5) is 158. The van der Waals surface area contributed by atoms with Gasteiger partial charge in [-0.1, -0.05) is 74.4 Å². The van der Waals surface area contributed by atoms with Crippen LogP contribution < -0.4 is 31.9 Å². The molecule has 7 N–H and O–H groups in total. The molecule has 7 rings (SSSR count). The minimum absolute atomic E-state index is 0.0431. The number of methoxy groups -OCH3 is 1. The van der Waals surface area contributed by atoms with Gasteiger partial charge < -0.3 is 60.4 Å². The van der Waals surface area contributed by atoms with Gasteiger partial charge in [-0.2, -0.15) is 0 Å². The molecule has 3 fully saturated rings. The highest BCUT2D eigenvalue weighted by atomic mass is 35.5. The summed E-state index contributed by atoms with van der Waals surface area (Å²) >= 11 is 6.89. The predicted molar refractivity (Wildman–Crippen MR) is 330 cm³/mol. The standard InChI is InChI=1S/C64H82ClN9O17/c1-34(2)55(70-49(76)20-11-12-21-53(80)91-74-50(77)24-25-51(74)78)58(81)69-43(18-15-27-68-61(66)84)45(75)31-40-22-23-42(56-41(40)17-14-26-67-56)59(82)72(8)38(6)60(83)89-48-32-52(79)73(9)44-30-39(29-36(4)54(44)65)28-35(3)16-13-19-47(87-10)64(86)33-46(88-62(85)71-64)37(5)57-63(48,7)90-57/h13-14,16-17,19,22-23,26,29-30,34,37-38,43,46-48,55,57,86H,11-12,15,18,20-21,24-25,27-28,31-33H2,1-10H3,(H,69,81)(H,70,76)(H,71,85)(H3,66,68,84)/b19-13+,35-16+/t37-,38+,43+,46+,47-,48+,55+,57+,63+,64+/m1/s1. The molecule has 1 aromatic heterocycles. The number of hydrogen-bond donors (Lipinski definition) is 6. The Morgan fingerprint density at radius 3 is 2.36 bits per heavy atom. The van der Waals surface area contributed by atoms with Crippen LogP contribution in [-0.4, -0.2) is 167 Å². The monoisotopic (exact) mass is 1280 g/mol. The molecule has 10 atom stereocenters. The maximum atomic E-state index is 14.7. The van der Waals surface area contributed by atoms with Crippen molar-refractivity contribution in [2.24, 2.45) is 17.6 Å². The lowest BCUT2D eigenvalue weighted by Crippen LogP contribution is -2.63. The number of ketones is 1. The predicted octanol–water partition coefficient (Wildman–Crippen LogP) is 5.03. The summed E-state index contributed by atoms with van der Waals surface area (Å²) < 4.78 is 24.1. The third-order valence-electron chi connectivity index (χ3n) is 17.1. The number of aliphatic hydroxyl groups is 1. The van der Waals surface area contributed by atoms with Gasteiger partial charge in [0.05, 0.1) is 40.4 Å². The second kappa shape index (κ2) is 30.2. The number of rotatable bonds is 22. The van der Waals surface area contributed by atoms with E-state index in [9.17, 15) is 57.8 Å². The average molecular weight is 1280 g/mol. The molecule has 9 amide bonds. The van der Waals surface area contributed by atoms with Crippen molar-refractivity contribution < 1.29 is 81.6 Å². The number of primary amides is 1. The first kappa shape index (κ1) is 70.1. The summed E-state index contributed by atoms with van der Waals surface area (Å²) in [5, 5.41) is 23.6. The van der Waals surface area contributed by atoms with Crippen LogP contribution in [0.2, 0.25) is 5.02 Å². The topological polar surface area (TPSA) is 354 Å². The Morgan fingerprint density at radius 1 is 0.978 bits per heavy atom. The molecular weight excluding hydrogens is 1200 g/mol. The molecule has 4 aliphatic rings. The number of likely N-dealkylation sites (N-methyl/N-ethyl adjacent to an activating group) is 1. The minimum atomic E-state index is -1.92. The van der Waals surface area contributed by atoms with Crippen molar-refractivity contribution in [2.45, 2.75) is 179 Å². The maximum Gasteiger partial charge on any atom is 0.409 e. The molecule has 0 saturated carbocycles. The number of ether oxygens (including phenoxy) is 4. The largest absolute Gasteiger partial charge is 0.457 e. The van der Waals surface area contributed by atoms with E-state index in [1.54, 1.807) is 71.2 Å².